The second-order valence-electron chi connectivity index (χ2n) is 8.61. The molecule has 0 spiro atoms. The van der Waals surface area contributed by atoms with Crippen LogP contribution in [0.1, 0.15) is 47.0 Å². The Hall–Kier alpha value is -1.89. The number of allylic oxidation sites excluding steroid dienone is 5. The van der Waals surface area contributed by atoms with Crippen molar-refractivity contribution in [2.45, 2.75) is 47.0 Å². The number of aliphatic imine (C=N–C) groups is 1. The SMILES string of the molecule is C/C=C1/C=C(S(=O)(=O)N(CC(C)C)c2cccc(Cl)c2)C=CC1=NC.CCC1CCOCC1. The van der Waals surface area contributed by atoms with E-state index in [4.69, 9.17) is 16.3 Å². The Morgan fingerprint density at radius 3 is 2.45 bits per heavy atom. The zero-order valence-electron chi connectivity index (χ0n) is 20.4. The zero-order valence-corrected chi connectivity index (χ0v) is 22.0. The molecule has 0 bridgehead atoms. The molecule has 1 saturated heterocycles. The number of halogens is 1. The fourth-order valence-electron chi connectivity index (χ4n) is 3.72. The Labute approximate surface area is 204 Å². The highest BCUT2D eigenvalue weighted by Crippen LogP contribution is 2.29. The summed E-state index contributed by atoms with van der Waals surface area (Å²) >= 11 is 6.07. The molecule has 1 aromatic carbocycles. The molecule has 3 rings (SSSR count). The molecule has 1 aliphatic carbocycles. The van der Waals surface area contributed by atoms with Crippen LogP contribution in [0.4, 0.5) is 5.69 Å². The molecule has 0 unspecified atom stereocenters. The molecule has 0 amide bonds. The summed E-state index contributed by atoms with van der Waals surface area (Å²) in [4.78, 5) is 4.41. The van der Waals surface area contributed by atoms with E-state index in [1.165, 1.54) is 23.6 Å². The third-order valence-electron chi connectivity index (χ3n) is 5.68. The van der Waals surface area contributed by atoms with Crippen LogP contribution in [0.3, 0.4) is 0 Å². The summed E-state index contributed by atoms with van der Waals surface area (Å²) in [6, 6.07) is 6.91. The number of ether oxygens (including phenoxy) is 1. The Bertz CT molecular complexity index is 1000. The van der Waals surface area contributed by atoms with Gasteiger partial charge in [0, 0.05) is 31.8 Å². The molecule has 1 fully saturated rings. The molecule has 33 heavy (non-hydrogen) atoms. The maximum Gasteiger partial charge on any atom is 0.264 e. The lowest BCUT2D eigenvalue weighted by molar-refractivity contribution is 0.0654. The van der Waals surface area contributed by atoms with E-state index >= 15 is 0 Å². The number of hydrogen-bond acceptors (Lipinski definition) is 4. The molecule has 0 aromatic heterocycles. The van der Waals surface area contributed by atoms with E-state index in [2.05, 4.69) is 11.9 Å². The second kappa shape index (κ2) is 13.1. The Kier molecular flexibility index (Phi) is 10.9. The standard InChI is InChI=1S/C19H23ClN2O2S.C7H14O/c1-5-15-11-18(9-10-19(15)21-4)25(23,24)22(13-14(2)3)17-8-6-7-16(20)12-17;1-2-7-3-5-8-6-4-7/h5-12,14H,13H2,1-4H3;7H,2-6H2,1H3/b15-5-,21-19?;. The van der Waals surface area contributed by atoms with E-state index in [0.29, 0.717) is 17.3 Å². The first kappa shape index (κ1) is 27.4. The average molecular weight is 493 g/mol. The van der Waals surface area contributed by atoms with E-state index in [1.807, 2.05) is 26.8 Å². The monoisotopic (exact) mass is 492 g/mol. The molecule has 2 aliphatic rings. The van der Waals surface area contributed by atoms with Crippen molar-refractivity contribution < 1.29 is 13.2 Å². The van der Waals surface area contributed by atoms with Gasteiger partial charge in [-0.3, -0.25) is 9.30 Å². The highest BCUT2D eigenvalue weighted by Gasteiger charge is 2.28. The summed E-state index contributed by atoms with van der Waals surface area (Å²) < 4.78 is 33.2. The zero-order chi connectivity index (χ0) is 24.4. The molecule has 0 atom stereocenters. The maximum absolute atomic E-state index is 13.3. The first-order chi connectivity index (χ1) is 15.7. The number of rotatable bonds is 6. The second-order valence-corrected chi connectivity index (χ2v) is 10.9. The average Bonchev–Trinajstić information content (AvgIpc) is 2.82. The summed E-state index contributed by atoms with van der Waals surface area (Å²) in [5, 5.41) is 0.504. The fourth-order valence-corrected chi connectivity index (χ4v) is 5.56. The van der Waals surface area contributed by atoms with Gasteiger partial charge in [-0.1, -0.05) is 50.9 Å². The van der Waals surface area contributed by atoms with Gasteiger partial charge < -0.3 is 4.74 Å². The third kappa shape index (κ3) is 7.83. The summed E-state index contributed by atoms with van der Waals surface area (Å²) in [6.07, 6.45) is 10.8. The van der Waals surface area contributed by atoms with Crippen LogP contribution in [0.15, 0.2) is 64.0 Å². The van der Waals surface area contributed by atoms with Gasteiger partial charge in [-0.05, 0) is 73.6 Å². The van der Waals surface area contributed by atoms with Crippen molar-refractivity contribution in [3.8, 4) is 0 Å². The molecule has 1 heterocycles. The van der Waals surface area contributed by atoms with Crippen LogP contribution in [0.5, 0.6) is 0 Å². The van der Waals surface area contributed by atoms with Gasteiger partial charge >= 0.3 is 0 Å². The topological polar surface area (TPSA) is 59.0 Å². The Morgan fingerprint density at radius 2 is 1.94 bits per heavy atom. The van der Waals surface area contributed by atoms with Crippen LogP contribution in [0.25, 0.3) is 0 Å². The lowest BCUT2D eigenvalue weighted by Gasteiger charge is -2.27. The van der Waals surface area contributed by atoms with E-state index in [0.717, 1.165) is 30.4 Å². The van der Waals surface area contributed by atoms with Crippen molar-refractivity contribution in [1.29, 1.82) is 0 Å². The van der Waals surface area contributed by atoms with E-state index in [9.17, 15) is 8.42 Å². The molecular formula is C26H37ClN2O3S. The van der Waals surface area contributed by atoms with Crippen LogP contribution in [-0.2, 0) is 14.8 Å². The number of nitrogens with zero attached hydrogens (tertiary/aromatic N) is 2. The van der Waals surface area contributed by atoms with Gasteiger partial charge in [0.1, 0.15) is 0 Å². The molecule has 5 nitrogen and oxygen atoms in total. The predicted molar refractivity (Wildman–Crippen MR) is 141 cm³/mol. The van der Waals surface area contributed by atoms with Crippen LogP contribution in [-0.4, -0.2) is 40.9 Å². The van der Waals surface area contributed by atoms with E-state index in [1.54, 1.807) is 49.5 Å². The minimum Gasteiger partial charge on any atom is -0.381 e. The quantitative estimate of drug-likeness (QED) is 0.460. The largest absolute Gasteiger partial charge is 0.381 e. The van der Waals surface area contributed by atoms with E-state index < -0.39 is 10.0 Å². The van der Waals surface area contributed by atoms with Gasteiger partial charge in [0.2, 0.25) is 0 Å². The molecule has 0 saturated carbocycles. The number of sulfonamides is 1. The van der Waals surface area contributed by atoms with Gasteiger partial charge in [0.05, 0.1) is 16.3 Å². The summed E-state index contributed by atoms with van der Waals surface area (Å²) in [7, 11) is -2.02. The van der Waals surface area contributed by atoms with Crippen LogP contribution in [0.2, 0.25) is 5.02 Å². The van der Waals surface area contributed by atoms with Crippen molar-refractivity contribution >= 4 is 33.0 Å². The highest BCUT2D eigenvalue weighted by atomic mass is 35.5. The maximum atomic E-state index is 13.3. The van der Waals surface area contributed by atoms with Crippen LogP contribution < -0.4 is 4.31 Å². The number of hydrogen-bond donors (Lipinski definition) is 0. The molecular weight excluding hydrogens is 456 g/mol. The van der Waals surface area contributed by atoms with Crippen LogP contribution >= 0.6 is 11.6 Å². The lowest BCUT2D eigenvalue weighted by Crippen LogP contribution is -2.35. The van der Waals surface area contributed by atoms with Crippen molar-refractivity contribution in [2.24, 2.45) is 16.8 Å². The molecule has 0 radical (unpaired) electrons. The number of anilines is 1. The Balaban J connectivity index is 0.000000405. The first-order valence-electron chi connectivity index (χ1n) is 11.6. The van der Waals surface area contributed by atoms with Gasteiger partial charge in [0.25, 0.3) is 10.0 Å². The molecule has 0 N–H and O–H groups in total. The molecule has 7 heteroatoms. The van der Waals surface area contributed by atoms with Gasteiger partial charge in [-0.15, -0.1) is 0 Å². The Morgan fingerprint density at radius 1 is 1.24 bits per heavy atom. The summed E-state index contributed by atoms with van der Waals surface area (Å²) in [5.74, 6) is 1.12. The minimum atomic E-state index is -3.71. The minimum absolute atomic E-state index is 0.163. The fraction of sp³-hybridized carbons (Fsp3) is 0.500. The summed E-state index contributed by atoms with van der Waals surface area (Å²) in [6.45, 7) is 10.5. The molecule has 1 aliphatic heterocycles. The molecule has 1 aromatic rings. The first-order valence-corrected chi connectivity index (χ1v) is 13.4. The number of benzene rings is 1. The smallest absolute Gasteiger partial charge is 0.264 e. The third-order valence-corrected chi connectivity index (χ3v) is 7.71. The van der Waals surface area contributed by atoms with E-state index in [-0.39, 0.29) is 10.8 Å². The van der Waals surface area contributed by atoms with Gasteiger partial charge in [0.15, 0.2) is 0 Å². The van der Waals surface area contributed by atoms with Gasteiger partial charge in [-0.2, -0.15) is 0 Å². The van der Waals surface area contributed by atoms with Crippen molar-refractivity contribution in [2.75, 3.05) is 31.1 Å². The normalized spacial score (nSPS) is 19.4. The van der Waals surface area contributed by atoms with Crippen molar-refractivity contribution in [3.05, 3.63) is 64.1 Å². The summed E-state index contributed by atoms with van der Waals surface area (Å²) in [5.41, 5.74) is 2.12. The molecule has 182 valence electrons. The van der Waals surface area contributed by atoms with Crippen LogP contribution in [0, 0.1) is 11.8 Å². The predicted octanol–water partition coefficient (Wildman–Crippen LogP) is 6.43. The van der Waals surface area contributed by atoms with Gasteiger partial charge in [-0.25, -0.2) is 8.42 Å². The van der Waals surface area contributed by atoms with Crippen molar-refractivity contribution in [1.82, 2.24) is 0 Å². The highest BCUT2D eigenvalue weighted by molar-refractivity contribution is 7.96. The van der Waals surface area contributed by atoms with Crippen molar-refractivity contribution in [3.63, 3.8) is 0 Å². The lowest BCUT2D eigenvalue weighted by atomic mass is 9.98.